The smallest absolute Gasteiger partial charge is 0.256 e. The number of hydrogen-bond acceptors (Lipinski definition) is 6. The number of carbonyl (C=O) groups excluding carboxylic acids is 1. The van der Waals surface area contributed by atoms with E-state index in [0.717, 1.165) is 28.2 Å². The largest absolute Gasteiger partial charge is 0.382 e. The summed E-state index contributed by atoms with van der Waals surface area (Å²) in [6.07, 6.45) is 5.22. The minimum Gasteiger partial charge on any atom is -0.382 e. The molecule has 0 spiro atoms. The van der Waals surface area contributed by atoms with Gasteiger partial charge in [-0.05, 0) is 44.7 Å². The summed E-state index contributed by atoms with van der Waals surface area (Å²) in [5, 5.41) is 6.01. The maximum Gasteiger partial charge on any atom is 0.256 e. The molecule has 3 heterocycles. The number of carbonyl (C=O) groups is 1. The highest BCUT2D eigenvalue weighted by atomic mass is 16.1. The summed E-state index contributed by atoms with van der Waals surface area (Å²) in [5.74, 6) is 1.53. The van der Waals surface area contributed by atoms with E-state index in [1.165, 1.54) is 0 Å². The van der Waals surface area contributed by atoms with Gasteiger partial charge in [-0.1, -0.05) is 18.2 Å². The van der Waals surface area contributed by atoms with Crippen LogP contribution in [0.15, 0.2) is 55.0 Å². The Kier molecular flexibility index (Phi) is 5.16. The van der Waals surface area contributed by atoms with E-state index in [-0.39, 0.29) is 11.9 Å². The van der Waals surface area contributed by atoms with Crippen LogP contribution in [0.4, 0.5) is 11.6 Å². The van der Waals surface area contributed by atoms with E-state index < -0.39 is 0 Å². The van der Waals surface area contributed by atoms with Crippen molar-refractivity contribution in [1.82, 2.24) is 24.7 Å². The average Bonchev–Trinajstić information content (AvgIpc) is 3.16. The Labute approximate surface area is 174 Å². The molecule has 0 unspecified atom stereocenters. The number of amides is 1. The zero-order valence-corrected chi connectivity index (χ0v) is 17.0. The highest BCUT2D eigenvalue weighted by Crippen LogP contribution is 2.30. The lowest BCUT2D eigenvalue weighted by atomic mass is 10.1. The van der Waals surface area contributed by atoms with Crippen LogP contribution < -0.4 is 16.4 Å². The van der Waals surface area contributed by atoms with Crippen molar-refractivity contribution >= 4 is 23.1 Å². The van der Waals surface area contributed by atoms with Crippen molar-refractivity contribution in [3.8, 4) is 11.3 Å². The summed E-state index contributed by atoms with van der Waals surface area (Å²) < 4.78 is 1.95. The fourth-order valence-corrected chi connectivity index (χ4v) is 3.23. The number of rotatable bonds is 5. The molecule has 8 nitrogen and oxygen atoms in total. The van der Waals surface area contributed by atoms with Gasteiger partial charge < -0.3 is 16.4 Å². The molecule has 0 bridgehead atoms. The molecule has 0 aliphatic heterocycles. The molecule has 8 heteroatoms. The Hall–Kier alpha value is -3.78. The summed E-state index contributed by atoms with van der Waals surface area (Å²) in [6.45, 7) is 3.98. The van der Waals surface area contributed by atoms with Crippen molar-refractivity contribution in [3.63, 3.8) is 0 Å². The van der Waals surface area contributed by atoms with Gasteiger partial charge in [0.25, 0.3) is 5.91 Å². The van der Waals surface area contributed by atoms with Gasteiger partial charge in [-0.15, -0.1) is 0 Å². The number of nitrogens with one attached hydrogen (secondary N) is 2. The first-order chi connectivity index (χ1) is 14.5. The molecule has 0 radical (unpaired) electrons. The monoisotopic (exact) mass is 401 g/mol. The second-order valence-corrected chi connectivity index (χ2v) is 7.11. The van der Waals surface area contributed by atoms with Crippen LogP contribution in [0.5, 0.6) is 0 Å². The number of nitrogens with zero attached hydrogens (tertiary/aromatic N) is 4. The molecule has 3 aromatic heterocycles. The van der Waals surface area contributed by atoms with Crippen molar-refractivity contribution in [2.45, 2.75) is 19.9 Å². The van der Waals surface area contributed by atoms with E-state index in [0.29, 0.717) is 17.2 Å². The summed E-state index contributed by atoms with van der Waals surface area (Å²) in [6, 6.07) is 11.0. The number of anilines is 2. The van der Waals surface area contributed by atoms with Gasteiger partial charge in [0, 0.05) is 29.7 Å². The van der Waals surface area contributed by atoms with Crippen molar-refractivity contribution in [2.75, 3.05) is 18.1 Å². The van der Waals surface area contributed by atoms with Gasteiger partial charge in [0.15, 0.2) is 0 Å². The van der Waals surface area contributed by atoms with Crippen molar-refractivity contribution < 1.29 is 4.79 Å². The molecular weight excluding hydrogens is 378 g/mol. The summed E-state index contributed by atoms with van der Waals surface area (Å²) >= 11 is 0. The molecular formula is C22H23N7O. The predicted octanol–water partition coefficient (Wildman–Crippen LogP) is 3.21. The first kappa shape index (κ1) is 19.5. The number of benzene rings is 1. The van der Waals surface area contributed by atoms with Crippen LogP contribution in [0.25, 0.3) is 16.8 Å². The van der Waals surface area contributed by atoms with Crippen LogP contribution in [-0.2, 0) is 0 Å². The first-order valence-electron chi connectivity index (χ1n) is 9.62. The van der Waals surface area contributed by atoms with Gasteiger partial charge in [-0.2, -0.15) is 0 Å². The van der Waals surface area contributed by atoms with Gasteiger partial charge in [0.1, 0.15) is 28.7 Å². The van der Waals surface area contributed by atoms with E-state index in [1.54, 1.807) is 30.6 Å². The third-order valence-electron chi connectivity index (χ3n) is 5.00. The Morgan fingerprint density at radius 1 is 1.13 bits per heavy atom. The number of aryl methyl sites for hydroxylation is 1. The second kappa shape index (κ2) is 7.92. The number of fused-ring (bicyclic) bond motifs is 1. The normalized spacial score (nSPS) is 12.1. The van der Waals surface area contributed by atoms with Crippen molar-refractivity contribution in [1.29, 1.82) is 0 Å². The van der Waals surface area contributed by atoms with Crippen LogP contribution in [0.1, 0.15) is 34.7 Å². The standard InChI is InChI=1S/C22H23N7O/c1-13-4-9-17(26-12-13)27-22(30)16-7-5-15(6-8-16)18-19-20(23)25-10-11-29(19)21(28-18)14(2)24-3/h4-12,14,24H,1-3H3,(H2,23,25)(H,26,27,30)/t14-/m0/s1. The zero-order valence-electron chi connectivity index (χ0n) is 17.0. The maximum atomic E-state index is 12.5. The van der Waals surface area contributed by atoms with Crippen LogP contribution in [0.3, 0.4) is 0 Å². The summed E-state index contributed by atoms with van der Waals surface area (Å²) in [4.78, 5) is 25.8. The summed E-state index contributed by atoms with van der Waals surface area (Å²) in [7, 11) is 1.88. The molecule has 0 aliphatic carbocycles. The van der Waals surface area contributed by atoms with Gasteiger partial charge in [0.05, 0.1) is 6.04 Å². The summed E-state index contributed by atoms with van der Waals surface area (Å²) in [5.41, 5.74) is 10.0. The minimum atomic E-state index is -0.224. The lowest BCUT2D eigenvalue weighted by molar-refractivity contribution is 0.102. The zero-order chi connectivity index (χ0) is 21.3. The van der Waals surface area contributed by atoms with Crippen LogP contribution in [0.2, 0.25) is 0 Å². The Morgan fingerprint density at radius 2 is 1.90 bits per heavy atom. The SMILES string of the molecule is CN[C@@H](C)c1nc(-c2ccc(C(=O)Nc3ccc(C)cn3)cc2)c2c(N)nccn12. The topological polar surface area (TPSA) is 110 Å². The van der Waals surface area contributed by atoms with E-state index in [1.807, 2.05) is 49.7 Å². The van der Waals surface area contributed by atoms with Gasteiger partial charge >= 0.3 is 0 Å². The number of nitrogens with two attached hydrogens (primary N) is 1. The Bertz CT molecular complexity index is 1200. The number of aromatic nitrogens is 4. The number of nitrogen functional groups attached to an aromatic ring is 1. The van der Waals surface area contributed by atoms with Crippen molar-refractivity contribution in [2.24, 2.45) is 0 Å². The molecule has 0 saturated heterocycles. The van der Waals surface area contributed by atoms with E-state index in [9.17, 15) is 4.79 Å². The lowest BCUT2D eigenvalue weighted by Crippen LogP contribution is -2.15. The molecule has 4 aromatic rings. The highest BCUT2D eigenvalue weighted by molar-refractivity contribution is 6.04. The van der Waals surface area contributed by atoms with Crippen LogP contribution in [-0.4, -0.2) is 32.3 Å². The molecule has 1 aromatic carbocycles. The molecule has 0 saturated carbocycles. The molecule has 4 rings (SSSR count). The predicted molar refractivity (Wildman–Crippen MR) is 117 cm³/mol. The van der Waals surface area contributed by atoms with E-state index in [4.69, 9.17) is 10.7 Å². The van der Waals surface area contributed by atoms with Crippen LogP contribution >= 0.6 is 0 Å². The fourth-order valence-electron chi connectivity index (χ4n) is 3.23. The fraction of sp³-hybridized carbons (Fsp3) is 0.182. The molecule has 4 N–H and O–H groups in total. The number of imidazole rings is 1. The van der Waals surface area contributed by atoms with Gasteiger partial charge in [-0.3, -0.25) is 9.20 Å². The second-order valence-electron chi connectivity index (χ2n) is 7.11. The Morgan fingerprint density at radius 3 is 2.57 bits per heavy atom. The first-order valence-corrected chi connectivity index (χ1v) is 9.62. The van der Waals surface area contributed by atoms with Crippen molar-refractivity contribution in [3.05, 3.63) is 71.9 Å². The molecule has 1 atom stereocenters. The molecule has 152 valence electrons. The number of hydrogen-bond donors (Lipinski definition) is 3. The maximum absolute atomic E-state index is 12.5. The third-order valence-corrected chi connectivity index (χ3v) is 5.00. The third kappa shape index (κ3) is 3.60. The quantitative estimate of drug-likeness (QED) is 0.474. The average molecular weight is 401 g/mol. The molecule has 0 aliphatic rings. The highest BCUT2D eigenvalue weighted by Gasteiger charge is 2.19. The molecule has 30 heavy (non-hydrogen) atoms. The van der Waals surface area contributed by atoms with E-state index in [2.05, 4.69) is 20.6 Å². The molecule has 1 amide bonds. The number of pyridine rings is 1. The van der Waals surface area contributed by atoms with Crippen LogP contribution in [0, 0.1) is 6.92 Å². The van der Waals surface area contributed by atoms with Gasteiger partial charge in [-0.25, -0.2) is 15.0 Å². The van der Waals surface area contributed by atoms with Gasteiger partial charge in [0.2, 0.25) is 0 Å². The Balaban J connectivity index is 1.66. The lowest BCUT2D eigenvalue weighted by Gasteiger charge is -2.08. The minimum absolute atomic E-state index is 0.0279. The van der Waals surface area contributed by atoms with E-state index >= 15 is 0 Å². The molecule has 0 fully saturated rings.